The van der Waals surface area contributed by atoms with Crippen LogP contribution in [-0.4, -0.2) is 26.0 Å². The lowest BCUT2D eigenvalue weighted by molar-refractivity contribution is -0.117. The van der Waals surface area contributed by atoms with Crippen LogP contribution in [0.3, 0.4) is 0 Å². The van der Waals surface area contributed by atoms with Crippen molar-refractivity contribution in [3.63, 3.8) is 0 Å². The topological polar surface area (TPSA) is 66.1 Å². The standard InChI is InChI=1S/C19H15Cl3N4OS2/c20-19(21,22)17(25-15(27)7-6-12-8-10-29-11-12)26-18(28)24-14-5-1-3-13-4-2-9-23-16(13)14/h1-11,17H,(H,25,27)(H2,24,26,28)/b7-6+. The van der Waals surface area contributed by atoms with Gasteiger partial charge in [-0.2, -0.15) is 11.3 Å². The molecule has 10 heteroatoms. The van der Waals surface area contributed by atoms with Crippen LogP contribution >= 0.6 is 58.4 Å². The summed E-state index contributed by atoms with van der Waals surface area (Å²) in [5, 5.41) is 13.4. The molecule has 2 heterocycles. The predicted molar refractivity (Wildman–Crippen MR) is 127 cm³/mol. The number of rotatable bonds is 5. The highest BCUT2D eigenvalue weighted by Crippen LogP contribution is 2.29. The molecule has 0 radical (unpaired) electrons. The first kappa shape index (κ1) is 21.8. The highest BCUT2D eigenvalue weighted by Gasteiger charge is 2.34. The third-order valence-corrected chi connectivity index (χ3v) is 5.32. The van der Waals surface area contributed by atoms with Gasteiger partial charge >= 0.3 is 0 Å². The number of thiocarbonyl (C=S) groups is 1. The predicted octanol–water partition coefficient (Wildman–Crippen LogP) is 5.11. The number of thiophene rings is 1. The number of carbonyl (C=O) groups excluding carboxylic acids is 1. The Labute approximate surface area is 192 Å². The first-order chi connectivity index (χ1) is 13.8. The number of hydrogen-bond acceptors (Lipinski definition) is 4. The van der Waals surface area contributed by atoms with Crippen LogP contribution in [0.4, 0.5) is 5.69 Å². The number of halogens is 3. The lowest BCUT2D eigenvalue weighted by atomic mass is 10.2. The van der Waals surface area contributed by atoms with Crippen LogP contribution in [0.25, 0.3) is 17.0 Å². The van der Waals surface area contributed by atoms with E-state index < -0.39 is 15.9 Å². The molecule has 5 nitrogen and oxygen atoms in total. The third kappa shape index (κ3) is 6.29. The Bertz CT molecular complexity index is 1030. The van der Waals surface area contributed by atoms with Gasteiger partial charge in [-0.1, -0.05) is 53.0 Å². The molecule has 2 aromatic heterocycles. The molecular formula is C19H15Cl3N4OS2. The third-order valence-electron chi connectivity index (χ3n) is 3.74. The average molecular weight is 486 g/mol. The quantitative estimate of drug-likeness (QED) is 0.203. The van der Waals surface area contributed by atoms with E-state index in [2.05, 4.69) is 20.9 Å². The molecule has 0 aliphatic heterocycles. The second kappa shape index (κ2) is 9.73. The van der Waals surface area contributed by atoms with Crippen molar-refractivity contribution in [2.24, 2.45) is 0 Å². The van der Waals surface area contributed by atoms with Crippen molar-refractivity contribution in [2.45, 2.75) is 9.96 Å². The smallest absolute Gasteiger partial charge is 0.245 e. The van der Waals surface area contributed by atoms with Crippen LogP contribution in [0.1, 0.15) is 5.56 Å². The molecule has 0 bridgehead atoms. The number of carbonyl (C=O) groups is 1. The second-order valence-corrected chi connectivity index (χ2v) is 9.41. The molecule has 0 saturated carbocycles. The van der Waals surface area contributed by atoms with E-state index in [0.29, 0.717) is 5.69 Å². The van der Waals surface area contributed by atoms with E-state index >= 15 is 0 Å². The van der Waals surface area contributed by atoms with Crippen molar-refractivity contribution in [1.82, 2.24) is 15.6 Å². The monoisotopic (exact) mass is 484 g/mol. The largest absolute Gasteiger partial charge is 0.339 e. The van der Waals surface area contributed by atoms with Gasteiger partial charge in [0.2, 0.25) is 9.70 Å². The summed E-state index contributed by atoms with van der Waals surface area (Å²) in [6.07, 6.45) is 3.65. The number of benzene rings is 1. The second-order valence-electron chi connectivity index (χ2n) is 5.85. The van der Waals surface area contributed by atoms with Gasteiger partial charge in [0.15, 0.2) is 5.11 Å². The van der Waals surface area contributed by atoms with Gasteiger partial charge in [-0.15, -0.1) is 0 Å². The molecule has 0 saturated heterocycles. The van der Waals surface area contributed by atoms with Crippen LogP contribution < -0.4 is 16.0 Å². The van der Waals surface area contributed by atoms with E-state index in [4.69, 9.17) is 47.0 Å². The summed E-state index contributed by atoms with van der Waals surface area (Å²) in [6, 6.07) is 11.3. The minimum absolute atomic E-state index is 0.168. The minimum Gasteiger partial charge on any atom is -0.339 e. The van der Waals surface area contributed by atoms with Gasteiger partial charge in [-0.3, -0.25) is 9.78 Å². The SMILES string of the molecule is O=C(/C=C/c1ccsc1)NC(NC(=S)Nc1cccc2cccnc12)C(Cl)(Cl)Cl. The molecule has 3 rings (SSSR count). The molecule has 1 unspecified atom stereocenters. The maximum Gasteiger partial charge on any atom is 0.245 e. The van der Waals surface area contributed by atoms with E-state index in [9.17, 15) is 4.79 Å². The number of anilines is 1. The van der Waals surface area contributed by atoms with Gasteiger partial charge in [0, 0.05) is 17.7 Å². The van der Waals surface area contributed by atoms with Crippen LogP contribution in [-0.2, 0) is 4.79 Å². The molecule has 1 atom stereocenters. The fourth-order valence-electron chi connectivity index (χ4n) is 2.43. The van der Waals surface area contributed by atoms with Crippen molar-refractivity contribution in [3.05, 3.63) is 65.0 Å². The zero-order valence-corrected chi connectivity index (χ0v) is 18.6. The van der Waals surface area contributed by atoms with Crippen LogP contribution in [0.5, 0.6) is 0 Å². The Kier molecular flexibility index (Phi) is 7.32. The van der Waals surface area contributed by atoms with Crippen LogP contribution in [0.2, 0.25) is 0 Å². The number of fused-ring (bicyclic) bond motifs is 1. The molecule has 1 amide bonds. The Morgan fingerprint density at radius 1 is 1.17 bits per heavy atom. The maximum absolute atomic E-state index is 12.2. The first-order valence-electron chi connectivity index (χ1n) is 8.32. The number of hydrogen-bond donors (Lipinski definition) is 3. The molecule has 1 aromatic carbocycles. The van der Waals surface area contributed by atoms with Crippen LogP contribution in [0.15, 0.2) is 59.4 Å². The fraction of sp³-hybridized carbons (Fsp3) is 0.105. The minimum atomic E-state index is -1.84. The molecule has 0 spiro atoms. The summed E-state index contributed by atoms with van der Waals surface area (Å²) < 4.78 is -1.84. The highest BCUT2D eigenvalue weighted by molar-refractivity contribution is 7.80. The van der Waals surface area contributed by atoms with Crippen molar-refractivity contribution in [3.8, 4) is 0 Å². The van der Waals surface area contributed by atoms with E-state index in [-0.39, 0.29) is 5.11 Å². The van der Waals surface area contributed by atoms with E-state index in [0.717, 1.165) is 16.5 Å². The van der Waals surface area contributed by atoms with Crippen molar-refractivity contribution in [1.29, 1.82) is 0 Å². The summed E-state index contributed by atoms with van der Waals surface area (Å²) in [6.45, 7) is 0. The molecule has 3 N–H and O–H groups in total. The number of nitrogens with one attached hydrogen (secondary N) is 3. The van der Waals surface area contributed by atoms with Gasteiger partial charge < -0.3 is 16.0 Å². The van der Waals surface area contributed by atoms with Crippen molar-refractivity contribution < 1.29 is 4.79 Å². The van der Waals surface area contributed by atoms with Gasteiger partial charge in [0.25, 0.3) is 0 Å². The van der Waals surface area contributed by atoms with Crippen LogP contribution in [0, 0.1) is 0 Å². The Morgan fingerprint density at radius 3 is 2.69 bits per heavy atom. The number of alkyl halides is 3. The fourth-order valence-corrected chi connectivity index (χ4v) is 3.61. The first-order valence-corrected chi connectivity index (χ1v) is 10.8. The molecule has 0 aliphatic rings. The van der Waals surface area contributed by atoms with Gasteiger partial charge in [-0.25, -0.2) is 0 Å². The highest BCUT2D eigenvalue weighted by atomic mass is 35.6. The maximum atomic E-state index is 12.2. The van der Waals surface area contributed by atoms with E-state index in [1.807, 2.05) is 47.2 Å². The van der Waals surface area contributed by atoms with Crippen molar-refractivity contribution in [2.75, 3.05) is 5.32 Å². The number of pyridine rings is 1. The average Bonchev–Trinajstić information content (AvgIpc) is 3.19. The number of amides is 1. The van der Waals surface area contributed by atoms with Gasteiger partial charge in [0.1, 0.15) is 6.17 Å². The lowest BCUT2D eigenvalue weighted by Crippen LogP contribution is -2.55. The van der Waals surface area contributed by atoms with E-state index in [1.54, 1.807) is 12.3 Å². The van der Waals surface area contributed by atoms with Gasteiger partial charge in [-0.05, 0) is 52.8 Å². The molecule has 150 valence electrons. The van der Waals surface area contributed by atoms with E-state index in [1.165, 1.54) is 17.4 Å². The normalized spacial score (nSPS) is 12.7. The Hall–Kier alpha value is -1.90. The molecule has 0 fully saturated rings. The Morgan fingerprint density at radius 2 is 1.97 bits per heavy atom. The van der Waals surface area contributed by atoms with Gasteiger partial charge in [0.05, 0.1) is 11.2 Å². The summed E-state index contributed by atoms with van der Waals surface area (Å²) >= 11 is 24.9. The number of para-hydroxylation sites is 1. The lowest BCUT2D eigenvalue weighted by Gasteiger charge is -2.27. The number of aromatic nitrogens is 1. The number of nitrogens with zero attached hydrogens (tertiary/aromatic N) is 1. The molecule has 29 heavy (non-hydrogen) atoms. The molecule has 3 aromatic rings. The summed E-state index contributed by atoms with van der Waals surface area (Å²) in [5.41, 5.74) is 2.34. The summed E-state index contributed by atoms with van der Waals surface area (Å²) in [5.74, 6) is -0.436. The van der Waals surface area contributed by atoms with Crippen molar-refractivity contribution >= 4 is 92.0 Å². The summed E-state index contributed by atoms with van der Waals surface area (Å²) in [4.78, 5) is 16.6. The zero-order valence-electron chi connectivity index (χ0n) is 14.7. The molecular weight excluding hydrogens is 471 g/mol. The zero-order chi connectivity index (χ0) is 20.9. The Balaban J connectivity index is 1.68. The summed E-state index contributed by atoms with van der Waals surface area (Å²) in [7, 11) is 0. The molecule has 0 aliphatic carbocycles.